The van der Waals surface area contributed by atoms with E-state index in [2.05, 4.69) is 5.32 Å². The summed E-state index contributed by atoms with van der Waals surface area (Å²) >= 11 is 0. The monoisotopic (exact) mass is 214 g/mol. The molecule has 15 heavy (non-hydrogen) atoms. The molecule has 0 rings (SSSR count). The molecule has 2 unspecified atom stereocenters. The summed E-state index contributed by atoms with van der Waals surface area (Å²) in [7, 11) is 3.57. The van der Waals surface area contributed by atoms with Gasteiger partial charge in [0, 0.05) is 32.0 Å². The van der Waals surface area contributed by atoms with Crippen LogP contribution in [-0.4, -0.2) is 43.3 Å². The largest absolute Gasteiger partial charge is 0.359 e. The zero-order valence-corrected chi connectivity index (χ0v) is 10.3. The number of hydrogen-bond acceptors (Lipinski definition) is 3. The Balaban J connectivity index is 4.06. The molecular formula is C11H22N2O2. The predicted octanol–water partition coefficient (Wildman–Crippen LogP) is 0.668. The maximum absolute atomic E-state index is 11.3. The molecule has 0 spiro atoms. The maximum atomic E-state index is 11.3. The van der Waals surface area contributed by atoms with Crippen LogP contribution < -0.4 is 5.32 Å². The number of Topliss-reactive ketones (excluding diaryl/α,β-unsaturated/α-hetero) is 1. The van der Waals surface area contributed by atoms with Crippen LogP contribution in [-0.2, 0) is 9.59 Å². The number of rotatable bonds is 6. The van der Waals surface area contributed by atoms with Gasteiger partial charge < -0.3 is 10.2 Å². The van der Waals surface area contributed by atoms with Gasteiger partial charge in [-0.05, 0) is 20.9 Å². The van der Waals surface area contributed by atoms with E-state index in [1.807, 2.05) is 25.8 Å². The molecule has 1 amide bonds. The van der Waals surface area contributed by atoms with E-state index in [4.69, 9.17) is 0 Å². The lowest BCUT2D eigenvalue weighted by Gasteiger charge is -2.26. The molecule has 1 N–H and O–H groups in total. The van der Waals surface area contributed by atoms with Crippen molar-refractivity contribution in [2.75, 3.05) is 20.6 Å². The highest BCUT2D eigenvalue weighted by Crippen LogP contribution is 2.06. The molecule has 0 saturated heterocycles. The standard InChI is InChI=1S/C11H22N2O2/c1-8(11(15)12-4)7-13(5)9(2)6-10(3)14/h8-9H,6-7H2,1-5H3,(H,12,15). The smallest absolute Gasteiger partial charge is 0.223 e. The van der Waals surface area contributed by atoms with Gasteiger partial charge in [-0.2, -0.15) is 0 Å². The zero-order valence-electron chi connectivity index (χ0n) is 10.3. The van der Waals surface area contributed by atoms with Crippen molar-refractivity contribution in [3.05, 3.63) is 0 Å². The molecule has 0 saturated carbocycles. The molecule has 0 aliphatic heterocycles. The van der Waals surface area contributed by atoms with Crippen molar-refractivity contribution in [1.82, 2.24) is 10.2 Å². The van der Waals surface area contributed by atoms with Crippen LogP contribution in [0.4, 0.5) is 0 Å². The Hall–Kier alpha value is -0.900. The summed E-state index contributed by atoms with van der Waals surface area (Å²) < 4.78 is 0. The van der Waals surface area contributed by atoms with E-state index in [0.29, 0.717) is 13.0 Å². The number of nitrogens with one attached hydrogen (secondary N) is 1. The molecule has 0 heterocycles. The van der Waals surface area contributed by atoms with E-state index in [0.717, 1.165) is 0 Å². The van der Waals surface area contributed by atoms with Gasteiger partial charge in [0.25, 0.3) is 0 Å². The van der Waals surface area contributed by atoms with E-state index in [1.54, 1.807) is 14.0 Å². The molecule has 0 aromatic heterocycles. The Morgan fingerprint density at radius 3 is 2.27 bits per heavy atom. The first-order chi connectivity index (χ1) is 6.88. The Morgan fingerprint density at radius 2 is 1.87 bits per heavy atom. The highest BCUT2D eigenvalue weighted by atomic mass is 16.1. The van der Waals surface area contributed by atoms with Gasteiger partial charge in [-0.25, -0.2) is 0 Å². The molecule has 0 aliphatic rings. The number of amides is 1. The van der Waals surface area contributed by atoms with Crippen molar-refractivity contribution in [2.24, 2.45) is 5.92 Å². The SMILES string of the molecule is CNC(=O)C(C)CN(C)C(C)CC(C)=O. The van der Waals surface area contributed by atoms with E-state index in [-0.39, 0.29) is 23.7 Å². The highest BCUT2D eigenvalue weighted by molar-refractivity contribution is 5.78. The van der Waals surface area contributed by atoms with Crippen molar-refractivity contribution in [2.45, 2.75) is 33.2 Å². The van der Waals surface area contributed by atoms with E-state index in [1.165, 1.54) is 0 Å². The Bertz CT molecular complexity index is 229. The minimum atomic E-state index is -0.0468. The second-order valence-corrected chi connectivity index (χ2v) is 4.21. The third-order valence-corrected chi connectivity index (χ3v) is 2.59. The molecular weight excluding hydrogens is 192 g/mol. The average molecular weight is 214 g/mol. The number of carbonyl (C=O) groups is 2. The summed E-state index contributed by atoms with van der Waals surface area (Å²) in [6.07, 6.45) is 0.539. The van der Waals surface area contributed by atoms with E-state index in [9.17, 15) is 9.59 Å². The van der Waals surface area contributed by atoms with Crippen LogP contribution in [0.2, 0.25) is 0 Å². The average Bonchev–Trinajstić information content (AvgIpc) is 2.15. The van der Waals surface area contributed by atoms with Crippen LogP contribution in [0.1, 0.15) is 27.2 Å². The lowest BCUT2D eigenvalue weighted by Crippen LogP contribution is -2.39. The first kappa shape index (κ1) is 14.1. The van der Waals surface area contributed by atoms with Crippen molar-refractivity contribution in [3.63, 3.8) is 0 Å². The van der Waals surface area contributed by atoms with Gasteiger partial charge in [0.2, 0.25) is 5.91 Å². The quantitative estimate of drug-likeness (QED) is 0.707. The second kappa shape index (κ2) is 6.56. The number of nitrogens with zero attached hydrogens (tertiary/aromatic N) is 1. The summed E-state index contributed by atoms with van der Waals surface area (Å²) in [4.78, 5) is 24.3. The molecule has 0 aromatic rings. The van der Waals surface area contributed by atoms with Crippen molar-refractivity contribution in [3.8, 4) is 0 Å². The van der Waals surface area contributed by atoms with Gasteiger partial charge in [0.1, 0.15) is 5.78 Å². The predicted molar refractivity (Wildman–Crippen MR) is 60.6 cm³/mol. The van der Waals surface area contributed by atoms with Crippen LogP contribution in [0.3, 0.4) is 0 Å². The Labute approximate surface area is 92.0 Å². The summed E-state index contributed by atoms with van der Waals surface area (Å²) in [5.74, 6) is 0.174. The number of carbonyl (C=O) groups excluding carboxylic acids is 2. The van der Waals surface area contributed by atoms with Gasteiger partial charge in [-0.3, -0.25) is 9.59 Å². The van der Waals surface area contributed by atoms with Gasteiger partial charge in [0.05, 0.1) is 0 Å². The summed E-state index contributed by atoms with van der Waals surface area (Å²) in [6, 6.07) is 0.189. The van der Waals surface area contributed by atoms with Crippen LogP contribution in [0.25, 0.3) is 0 Å². The lowest BCUT2D eigenvalue weighted by molar-refractivity contribution is -0.124. The fraction of sp³-hybridized carbons (Fsp3) is 0.818. The van der Waals surface area contributed by atoms with Gasteiger partial charge in [0.15, 0.2) is 0 Å². The van der Waals surface area contributed by atoms with Crippen molar-refractivity contribution < 1.29 is 9.59 Å². The third kappa shape index (κ3) is 5.52. The first-order valence-electron chi connectivity index (χ1n) is 5.29. The summed E-state index contributed by atoms with van der Waals surface area (Å²) in [5, 5.41) is 2.62. The van der Waals surface area contributed by atoms with Crippen LogP contribution in [0.5, 0.6) is 0 Å². The number of hydrogen-bond donors (Lipinski definition) is 1. The van der Waals surface area contributed by atoms with Gasteiger partial charge >= 0.3 is 0 Å². The number of ketones is 1. The van der Waals surface area contributed by atoms with E-state index >= 15 is 0 Å². The lowest BCUT2D eigenvalue weighted by atomic mass is 10.1. The normalized spacial score (nSPS) is 14.8. The van der Waals surface area contributed by atoms with E-state index < -0.39 is 0 Å². The van der Waals surface area contributed by atoms with Crippen molar-refractivity contribution in [1.29, 1.82) is 0 Å². The topological polar surface area (TPSA) is 49.4 Å². The summed E-state index contributed by atoms with van der Waals surface area (Å²) in [5.41, 5.74) is 0. The van der Waals surface area contributed by atoms with Crippen LogP contribution >= 0.6 is 0 Å². The highest BCUT2D eigenvalue weighted by Gasteiger charge is 2.17. The molecule has 0 aromatic carbocycles. The molecule has 0 fully saturated rings. The van der Waals surface area contributed by atoms with Crippen molar-refractivity contribution >= 4 is 11.7 Å². The fourth-order valence-corrected chi connectivity index (χ4v) is 1.51. The minimum Gasteiger partial charge on any atom is -0.359 e. The molecule has 2 atom stereocenters. The Kier molecular flexibility index (Phi) is 6.17. The molecule has 88 valence electrons. The maximum Gasteiger partial charge on any atom is 0.223 e. The minimum absolute atomic E-state index is 0.0388. The first-order valence-corrected chi connectivity index (χ1v) is 5.29. The molecule has 4 nitrogen and oxygen atoms in total. The fourth-order valence-electron chi connectivity index (χ4n) is 1.51. The molecule has 4 heteroatoms. The summed E-state index contributed by atoms with van der Waals surface area (Å²) in [6.45, 7) is 6.15. The second-order valence-electron chi connectivity index (χ2n) is 4.21. The zero-order chi connectivity index (χ0) is 12.0. The van der Waals surface area contributed by atoms with Gasteiger partial charge in [-0.15, -0.1) is 0 Å². The molecule has 0 bridgehead atoms. The van der Waals surface area contributed by atoms with Crippen LogP contribution in [0, 0.1) is 5.92 Å². The van der Waals surface area contributed by atoms with Gasteiger partial charge in [-0.1, -0.05) is 6.92 Å². The molecule has 0 radical (unpaired) electrons. The third-order valence-electron chi connectivity index (χ3n) is 2.59. The molecule has 0 aliphatic carbocycles. The van der Waals surface area contributed by atoms with Crippen LogP contribution in [0.15, 0.2) is 0 Å². The Morgan fingerprint density at radius 1 is 1.33 bits per heavy atom.